The number of aromatic hydroxyl groups is 1. The number of amides is 1. The minimum absolute atomic E-state index is 0.0582. The van der Waals surface area contributed by atoms with Gasteiger partial charge in [-0.1, -0.05) is 18.2 Å². The molecule has 1 aliphatic heterocycles. The molecule has 124 valence electrons. The van der Waals surface area contributed by atoms with E-state index in [0.29, 0.717) is 17.9 Å². The summed E-state index contributed by atoms with van der Waals surface area (Å²) in [5.41, 5.74) is 2.46. The highest BCUT2D eigenvalue weighted by Crippen LogP contribution is 2.42. The minimum Gasteiger partial charge on any atom is -0.504 e. The number of anilines is 1. The molecule has 2 aliphatic rings. The molecule has 24 heavy (non-hydrogen) atoms. The Kier molecular flexibility index (Phi) is 3.56. The standard InChI is InChI=1S/C19H20N2O3/c1-2-24-17-11-12(7-10-16(17)22)18-20-15-6-4-3-5-14(15)19(23)21(18)13-8-9-13/h3-7,10-11,13,18,20,22H,2,8-9H2,1H3/t18-/m0/s1. The maximum absolute atomic E-state index is 13.0. The predicted octanol–water partition coefficient (Wildman–Crippen LogP) is 3.52. The first kappa shape index (κ1) is 14.9. The third-order valence-electron chi connectivity index (χ3n) is 4.50. The van der Waals surface area contributed by atoms with Crippen molar-refractivity contribution >= 4 is 11.6 Å². The van der Waals surface area contributed by atoms with Crippen molar-refractivity contribution < 1.29 is 14.6 Å². The van der Waals surface area contributed by atoms with Gasteiger partial charge in [-0.3, -0.25) is 4.79 Å². The van der Waals surface area contributed by atoms with Crippen molar-refractivity contribution in [2.75, 3.05) is 11.9 Å². The van der Waals surface area contributed by atoms with Crippen molar-refractivity contribution in [3.63, 3.8) is 0 Å². The molecule has 0 radical (unpaired) electrons. The molecule has 1 aliphatic carbocycles. The van der Waals surface area contributed by atoms with E-state index in [1.54, 1.807) is 6.07 Å². The number of carbonyl (C=O) groups excluding carboxylic acids is 1. The third kappa shape index (κ3) is 2.46. The van der Waals surface area contributed by atoms with Gasteiger partial charge in [0.1, 0.15) is 6.17 Å². The van der Waals surface area contributed by atoms with E-state index < -0.39 is 0 Å². The van der Waals surface area contributed by atoms with Crippen molar-refractivity contribution in [3.8, 4) is 11.5 Å². The average molecular weight is 324 g/mol. The molecule has 5 nitrogen and oxygen atoms in total. The largest absolute Gasteiger partial charge is 0.504 e. The summed E-state index contributed by atoms with van der Waals surface area (Å²) in [5.74, 6) is 0.614. The summed E-state index contributed by atoms with van der Waals surface area (Å²) in [6, 6.07) is 13.1. The van der Waals surface area contributed by atoms with Gasteiger partial charge in [0.15, 0.2) is 11.5 Å². The molecule has 0 spiro atoms. The van der Waals surface area contributed by atoms with Gasteiger partial charge >= 0.3 is 0 Å². The minimum atomic E-state index is -0.250. The molecular weight excluding hydrogens is 304 g/mol. The third-order valence-corrected chi connectivity index (χ3v) is 4.50. The molecule has 0 bridgehead atoms. The summed E-state index contributed by atoms with van der Waals surface area (Å²) < 4.78 is 5.49. The zero-order valence-electron chi connectivity index (χ0n) is 13.5. The van der Waals surface area contributed by atoms with Gasteiger partial charge in [0.2, 0.25) is 0 Å². The number of benzene rings is 2. The normalized spacial score (nSPS) is 19.6. The van der Waals surface area contributed by atoms with Crippen molar-refractivity contribution in [3.05, 3.63) is 53.6 Å². The molecule has 0 unspecified atom stereocenters. The van der Waals surface area contributed by atoms with E-state index in [1.165, 1.54) is 0 Å². The van der Waals surface area contributed by atoms with Crippen LogP contribution in [0.25, 0.3) is 0 Å². The fourth-order valence-electron chi connectivity index (χ4n) is 3.21. The number of hydrogen-bond acceptors (Lipinski definition) is 4. The summed E-state index contributed by atoms with van der Waals surface area (Å²) >= 11 is 0. The van der Waals surface area contributed by atoms with E-state index in [1.807, 2.05) is 48.2 Å². The van der Waals surface area contributed by atoms with E-state index in [4.69, 9.17) is 4.74 Å². The highest BCUT2D eigenvalue weighted by molar-refractivity contribution is 6.02. The molecule has 2 aromatic carbocycles. The predicted molar refractivity (Wildman–Crippen MR) is 91.3 cm³/mol. The number of nitrogens with one attached hydrogen (secondary N) is 1. The molecule has 4 rings (SSSR count). The summed E-state index contributed by atoms with van der Waals surface area (Å²) in [6.07, 6.45) is 1.81. The van der Waals surface area contributed by atoms with Crippen LogP contribution in [0.3, 0.4) is 0 Å². The zero-order chi connectivity index (χ0) is 16.7. The topological polar surface area (TPSA) is 61.8 Å². The van der Waals surface area contributed by atoms with Crippen molar-refractivity contribution in [1.82, 2.24) is 4.90 Å². The van der Waals surface area contributed by atoms with E-state index in [9.17, 15) is 9.90 Å². The quantitative estimate of drug-likeness (QED) is 0.903. The number of ether oxygens (including phenoxy) is 1. The number of rotatable bonds is 4. The Morgan fingerprint density at radius 1 is 1.25 bits per heavy atom. The number of para-hydroxylation sites is 1. The van der Waals surface area contributed by atoms with E-state index in [-0.39, 0.29) is 23.9 Å². The van der Waals surface area contributed by atoms with Crippen LogP contribution in [0.5, 0.6) is 11.5 Å². The average Bonchev–Trinajstić information content (AvgIpc) is 3.42. The molecule has 0 aromatic heterocycles. The smallest absolute Gasteiger partial charge is 0.258 e. The van der Waals surface area contributed by atoms with Crippen molar-refractivity contribution in [2.24, 2.45) is 0 Å². The van der Waals surface area contributed by atoms with Crippen LogP contribution in [-0.2, 0) is 0 Å². The first-order chi connectivity index (χ1) is 11.7. The summed E-state index contributed by atoms with van der Waals surface area (Å²) in [5, 5.41) is 13.4. The van der Waals surface area contributed by atoms with Crippen LogP contribution in [-0.4, -0.2) is 28.6 Å². The Balaban J connectivity index is 1.76. The lowest BCUT2D eigenvalue weighted by Crippen LogP contribution is -2.44. The van der Waals surface area contributed by atoms with Crippen LogP contribution in [0, 0.1) is 0 Å². The van der Waals surface area contributed by atoms with Gasteiger partial charge in [0, 0.05) is 11.7 Å². The highest BCUT2D eigenvalue weighted by atomic mass is 16.5. The molecule has 0 saturated heterocycles. The van der Waals surface area contributed by atoms with Crippen molar-refractivity contribution in [1.29, 1.82) is 0 Å². The lowest BCUT2D eigenvalue weighted by atomic mass is 10.0. The second-order valence-corrected chi connectivity index (χ2v) is 6.20. The Morgan fingerprint density at radius 2 is 2.04 bits per heavy atom. The fraction of sp³-hybridized carbons (Fsp3) is 0.316. The van der Waals surface area contributed by atoms with E-state index in [2.05, 4.69) is 5.32 Å². The van der Waals surface area contributed by atoms with Crippen molar-refractivity contribution in [2.45, 2.75) is 32.0 Å². The number of hydrogen-bond donors (Lipinski definition) is 2. The van der Waals surface area contributed by atoms with Crippen LogP contribution >= 0.6 is 0 Å². The van der Waals surface area contributed by atoms with Gasteiger partial charge in [0.25, 0.3) is 5.91 Å². The second-order valence-electron chi connectivity index (χ2n) is 6.20. The molecule has 1 fully saturated rings. The molecule has 1 saturated carbocycles. The second kappa shape index (κ2) is 5.74. The van der Waals surface area contributed by atoms with Gasteiger partial charge in [-0.2, -0.15) is 0 Å². The Hall–Kier alpha value is -2.69. The van der Waals surface area contributed by atoms with Crippen LogP contribution in [0.2, 0.25) is 0 Å². The number of carbonyl (C=O) groups is 1. The van der Waals surface area contributed by atoms with Crippen LogP contribution < -0.4 is 10.1 Å². The van der Waals surface area contributed by atoms with Crippen LogP contribution in [0.4, 0.5) is 5.69 Å². The first-order valence-electron chi connectivity index (χ1n) is 8.33. The van der Waals surface area contributed by atoms with Crippen LogP contribution in [0.1, 0.15) is 41.9 Å². The number of phenols is 1. The van der Waals surface area contributed by atoms with E-state index >= 15 is 0 Å². The summed E-state index contributed by atoms with van der Waals surface area (Å²) in [4.78, 5) is 14.9. The number of fused-ring (bicyclic) bond motifs is 1. The number of nitrogens with zero attached hydrogens (tertiary/aromatic N) is 1. The molecule has 5 heteroatoms. The lowest BCUT2D eigenvalue weighted by molar-refractivity contribution is 0.0666. The van der Waals surface area contributed by atoms with Gasteiger partial charge in [-0.05, 0) is 49.6 Å². The molecule has 2 N–H and O–H groups in total. The van der Waals surface area contributed by atoms with Crippen LogP contribution in [0.15, 0.2) is 42.5 Å². The Bertz CT molecular complexity index is 786. The Labute approximate surface area is 140 Å². The number of phenolic OH excluding ortho intramolecular Hbond substituents is 1. The lowest BCUT2D eigenvalue weighted by Gasteiger charge is -2.38. The highest BCUT2D eigenvalue weighted by Gasteiger charge is 2.42. The zero-order valence-corrected chi connectivity index (χ0v) is 13.5. The molecule has 1 amide bonds. The molecule has 1 atom stereocenters. The first-order valence-corrected chi connectivity index (χ1v) is 8.33. The van der Waals surface area contributed by atoms with E-state index in [0.717, 1.165) is 24.1 Å². The van der Waals surface area contributed by atoms with Gasteiger partial charge in [-0.25, -0.2) is 0 Å². The van der Waals surface area contributed by atoms with Gasteiger partial charge in [-0.15, -0.1) is 0 Å². The summed E-state index contributed by atoms with van der Waals surface area (Å²) in [6.45, 7) is 2.35. The summed E-state index contributed by atoms with van der Waals surface area (Å²) in [7, 11) is 0. The molecule has 2 aromatic rings. The van der Waals surface area contributed by atoms with Gasteiger partial charge in [0.05, 0.1) is 12.2 Å². The fourth-order valence-corrected chi connectivity index (χ4v) is 3.21. The maximum Gasteiger partial charge on any atom is 0.258 e. The van der Waals surface area contributed by atoms with Gasteiger partial charge < -0.3 is 20.1 Å². The maximum atomic E-state index is 13.0. The monoisotopic (exact) mass is 324 g/mol. The molecular formula is C19H20N2O3. The Morgan fingerprint density at radius 3 is 2.79 bits per heavy atom. The SMILES string of the molecule is CCOc1cc([C@H]2Nc3ccccc3C(=O)N2C2CC2)ccc1O. The molecule has 1 heterocycles.